The zero-order valence-electron chi connectivity index (χ0n) is 10.1. The van der Waals surface area contributed by atoms with E-state index in [9.17, 15) is 9.70 Å². The summed E-state index contributed by atoms with van der Waals surface area (Å²) in [6, 6.07) is 6.89. The first-order chi connectivity index (χ1) is 8.71. The van der Waals surface area contributed by atoms with Crippen molar-refractivity contribution in [2.24, 2.45) is 5.18 Å². The predicted molar refractivity (Wildman–Crippen MR) is 78.4 cm³/mol. The molecule has 98 valence electrons. The number of rotatable bonds is 7. The Morgan fingerprint density at radius 1 is 1.44 bits per heavy atom. The number of thioether (sulfide) groups is 1. The third-order valence-electron chi connectivity index (χ3n) is 2.43. The Kier molecular flexibility index (Phi) is 6.82. The number of thiol groups is 1. The molecule has 0 saturated heterocycles. The summed E-state index contributed by atoms with van der Waals surface area (Å²) in [4.78, 5) is 23.5. The summed E-state index contributed by atoms with van der Waals surface area (Å²) in [6.45, 7) is 0.444. The molecule has 0 radical (unpaired) electrons. The average Bonchev–Trinajstić information content (AvgIpc) is 2.42. The number of hydrogen-bond donors (Lipinski definition) is 2. The Morgan fingerprint density at radius 2 is 2.11 bits per heavy atom. The molecule has 0 saturated carbocycles. The maximum absolute atomic E-state index is 11.6. The van der Waals surface area contributed by atoms with E-state index in [2.05, 4.69) is 23.1 Å². The molecule has 0 aliphatic rings. The van der Waals surface area contributed by atoms with Crippen LogP contribution in [-0.2, 0) is 11.2 Å². The van der Waals surface area contributed by atoms with Gasteiger partial charge in [-0.2, -0.15) is 12.6 Å². The number of nitrogens with zero attached hydrogens (tertiary/aromatic N) is 1. The Morgan fingerprint density at radius 3 is 2.61 bits per heavy atom. The summed E-state index contributed by atoms with van der Waals surface area (Å²) in [6.07, 6.45) is 2.33. The third kappa shape index (κ3) is 4.70. The lowest BCUT2D eigenvalue weighted by atomic mass is 10.1. The minimum absolute atomic E-state index is 0.330. The number of carbonyl (C=O) groups excluding carboxylic acids is 1. The molecule has 1 aromatic rings. The van der Waals surface area contributed by atoms with E-state index in [1.165, 1.54) is 0 Å². The summed E-state index contributed by atoms with van der Waals surface area (Å²) in [5, 5.41) is 5.50. The summed E-state index contributed by atoms with van der Waals surface area (Å²) >= 11 is 5.63. The van der Waals surface area contributed by atoms with Crippen molar-refractivity contribution in [3.63, 3.8) is 0 Å². The molecule has 4 nitrogen and oxygen atoms in total. The number of hydrogen-bond acceptors (Lipinski definition) is 5. The number of nitrogens with one attached hydrogen (secondary N) is 1. The summed E-state index contributed by atoms with van der Waals surface area (Å²) in [7, 11) is 0. The fraction of sp³-hybridized carbons (Fsp3) is 0.417. The van der Waals surface area contributed by atoms with Gasteiger partial charge in [0.15, 0.2) is 6.04 Å². The highest BCUT2D eigenvalue weighted by Crippen LogP contribution is 2.16. The fourth-order valence-electron chi connectivity index (χ4n) is 1.46. The highest BCUT2D eigenvalue weighted by atomic mass is 32.2. The van der Waals surface area contributed by atoms with Gasteiger partial charge in [-0.25, -0.2) is 0 Å². The number of benzene rings is 1. The molecule has 1 N–H and O–H groups in total. The van der Waals surface area contributed by atoms with E-state index in [4.69, 9.17) is 0 Å². The van der Waals surface area contributed by atoms with Gasteiger partial charge in [0.25, 0.3) is 0 Å². The summed E-state index contributed by atoms with van der Waals surface area (Å²) < 4.78 is 0. The van der Waals surface area contributed by atoms with Gasteiger partial charge < -0.3 is 5.32 Å². The molecule has 0 heterocycles. The minimum atomic E-state index is -0.870. The van der Waals surface area contributed by atoms with Gasteiger partial charge in [0.1, 0.15) is 0 Å². The molecule has 1 amide bonds. The lowest BCUT2D eigenvalue weighted by Crippen LogP contribution is -2.35. The minimum Gasteiger partial charge on any atom is -0.353 e. The number of amides is 1. The van der Waals surface area contributed by atoms with Crippen molar-refractivity contribution in [1.29, 1.82) is 0 Å². The van der Waals surface area contributed by atoms with Crippen LogP contribution in [0.2, 0.25) is 0 Å². The second kappa shape index (κ2) is 8.16. The van der Waals surface area contributed by atoms with Crippen molar-refractivity contribution in [3.05, 3.63) is 34.7 Å². The van der Waals surface area contributed by atoms with Gasteiger partial charge in [0, 0.05) is 23.6 Å². The maximum Gasteiger partial charge on any atom is 0.248 e. The van der Waals surface area contributed by atoms with Crippen molar-refractivity contribution in [2.45, 2.75) is 17.4 Å². The van der Waals surface area contributed by atoms with Crippen molar-refractivity contribution in [1.82, 2.24) is 5.32 Å². The first-order valence-electron chi connectivity index (χ1n) is 5.55. The van der Waals surface area contributed by atoms with Crippen molar-refractivity contribution in [3.8, 4) is 0 Å². The second-order valence-corrected chi connectivity index (χ2v) is 5.01. The quantitative estimate of drug-likeness (QED) is 0.458. The molecule has 1 aromatic carbocycles. The lowest BCUT2D eigenvalue weighted by Gasteiger charge is -2.09. The summed E-state index contributed by atoms with van der Waals surface area (Å²) in [5.74, 6) is 0.202. The van der Waals surface area contributed by atoms with Gasteiger partial charge in [-0.05, 0) is 24.0 Å². The molecule has 18 heavy (non-hydrogen) atoms. The molecule has 1 unspecified atom stereocenters. The predicted octanol–water partition coefficient (Wildman–Crippen LogP) is 2.13. The largest absolute Gasteiger partial charge is 0.353 e. The number of nitroso groups, excluding NO2 is 1. The van der Waals surface area contributed by atoms with Gasteiger partial charge >= 0.3 is 0 Å². The Balaban J connectivity index is 2.61. The van der Waals surface area contributed by atoms with Crippen LogP contribution in [0.1, 0.15) is 5.56 Å². The number of carbonyl (C=O) groups is 1. The van der Waals surface area contributed by atoms with E-state index >= 15 is 0 Å². The molecule has 0 fully saturated rings. The normalized spacial score (nSPS) is 11.9. The van der Waals surface area contributed by atoms with Crippen molar-refractivity contribution >= 4 is 30.3 Å². The molecule has 0 bridgehead atoms. The van der Waals surface area contributed by atoms with E-state index in [0.29, 0.717) is 18.7 Å². The first kappa shape index (κ1) is 15.0. The Hall–Kier alpha value is -1.01. The van der Waals surface area contributed by atoms with E-state index in [1.54, 1.807) is 11.8 Å². The first-order valence-corrected chi connectivity index (χ1v) is 7.41. The van der Waals surface area contributed by atoms with Crippen LogP contribution in [0.5, 0.6) is 0 Å². The van der Waals surface area contributed by atoms with Crippen LogP contribution in [0, 0.1) is 4.91 Å². The molecule has 0 aliphatic heterocycles. The molecule has 0 spiro atoms. The van der Waals surface area contributed by atoms with Crippen LogP contribution in [0.3, 0.4) is 0 Å². The standard InChI is InChI=1S/C12H16N2O2S2/c1-18-10-4-2-9(3-5-10)8-11(14-16)12(15)13-6-7-17/h2-5,11,17H,6-8H2,1H3,(H,13,15). The van der Waals surface area contributed by atoms with Crippen LogP contribution in [-0.4, -0.2) is 30.5 Å². The van der Waals surface area contributed by atoms with Gasteiger partial charge in [-0.1, -0.05) is 17.3 Å². The average molecular weight is 284 g/mol. The molecule has 0 aliphatic carbocycles. The van der Waals surface area contributed by atoms with Gasteiger partial charge in [-0.15, -0.1) is 16.7 Å². The van der Waals surface area contributed by atoms with Crippen molar-refractivity contribution in [2.75, 3.05) is 18.6 Å². The van der Waals surface area contributed by atoms with E-state index < -0.39 is 6.04 Å². The summed E-state index contributed by atoms with van der Waals surface area (Å²) in [5.41, 5.74) is 0.929. The molecular weight excluding hydrogens is 268 g/mol. The lowest BCUT2D eigenvalue weighted by molar-refractivity contribution is -0.122. The van der Waals surface area contributed by atoms with Crippen LogP contribution in [0.15, 0.2) is 34.3 Å². The van der Waals surface area contributed by atoms with Gasteiger partial charge in [-0.3, -0.25) is 4.79 Å². The highest BCUT2D eigenvalue weighted by Gasteiger charge is 2.18. The Labute approximate surface area is 116 Å². The Bertz CT molecular complexity index is 396. The van der Waals surface area contributed by atoms with Gasteiger partial charge in [0.2, 0.25) is 5.91 Å². The van der Waals surface area contributed by atoms with E-state index in [-0.39, 0.29) is 5.91 Å². The van der Waals surface area contributed by atoms with Crippen LogP contribution >= 0.6 is 24.4 Å². The molecule has 1 atom stereocenters. The third-order valence-corrected chi connectivity index (χ3v) is 3.40. The van der Waals surface area contributed by atoms with Crippen LogP contribution in [0.4, 0.5) is 0 Å². The topological polar surface area (TPSA) is 58.5 Å². The van der Waals surface area contributed by atoms with Gasteiger partial charge in [0.05, 0.1) is 0 Å². The molecular formula is C12H16N2O2S2. The zero-order chi connectivity index (χ0) is 13.4. The van der Waals surface area contributed by atoms with Crippen LogP contribution < -0.4 is 5.32 Å². The monoisotopic (exact) mass is 284 g/mol. The SMILES string of the molecule is CSc1ccc(CC(N=O)C(=O)NCCS)cc1. The zero-order valence-corrected chi connectivity index (χ0v) is 11.8. The highest BCUT2D eigenvalue weighted by molar-refractivity contribution is 7.98. The van der Waals surface area contributed by atoms with Crippen molar-refractivity contribution < 1.29 is 4.79 Å². The van der Waals surface area contributed by atoms with Crippen LogP contribution in [0.25, 0.3) is 0 Å². The molecule has 0 aromatic heterocycles. The fourth-order valence-corrected chi connectivity index (χ4v) is 1.98. The maximum atomic E-state index is 11.6. The molecule has 6 heteroatoms. The van der Waals surface area contributed by atoms with E-state index in [0.717, 1.165) is 10.5 Å². The molecule has 1 rings (SSSR count). The second-order valence-electron chi connectivity index (χ2n) is 3.69. The smallest absolute Gasteiger partial charge is 0.248 e. The van der Waals surface area contributed by atoms with E-state index in [1.807, 2.05) is 30.5 Å².